The first-order valence-corrected chi connectivity index (χ1v) is 11.0. The third-order valence-corrected chi connectivity index (χ3v) is 5.91. The highest BCUT2D eigenvalue weighted by atomic mass is 32.1. The lowest BCUT2D eigenvalue weighted by Crippen LogP contribution is -2.36. The third-order valence-electron chi connectivity index (χ3n) is 4.94. The van der Waals surface area contributed by atoms with E-state index in [1.165, 1.54) is 17.0 Å². The molecule has 0 aliphatic carbocycles. The Kier molecular flexibility index (Phi) is 7.72. The van der Waals surface area contributed by atoms with Gasteiger partial charge in [0, 0.05) is 16.9 Å². The molecule has 0 amide bonds. The van der Waals surface area contributed by atoms with Gasteiger partial charge in [0.1, 0.15) is 30.9 Å². The number of hydrogen-bond donors (Lipinski definition) is 0. The molecular formula is C23H28FN2O2S+. The van der Waals surface area contributed by atoms with Crippen molar-refractivity contribution in [1.29, 1.82) is 0 Å². The molecule has 29 heavy (non-hydrogen) atoms. The molecule has 2 unspecified atom stereocenters. The highest BCUT2D eigenvalue weighted by Crippen LogP contribution is 2.25. The molecule has 2 atom stereocenters. The van der Waals surface area contributed by atoms with Crippen molar-refractivity contribution in [2.24, 2.45) is 0 Å². The zero-order valence-corrected chi connectivity index (χ0v) is 17.8. The van der Waals surface area contributed by atoms with Gasteiger partial charge in [-0.3, -0.25) is 4.79 Å². The Hall–Kier alpha value is -2.31. The van der Waals surface area contributed by atoms with E-state index in [4.69, 9.17) is 4.74 Å². The maximum Gasteiger partial charge on any atom is 0.243 e. The Morgan fingerprint density at radius 1 is 1.28 bits per heavy atom. The lowest BCUT2D eigenvalue weighted by molar-refractivity contribution is -0.705. The molecule has 3 aromatic rings. The SMILES string of the molecule is CCC(C)OC(C[n+]1ccn(CCCC(=O)c2ccc(F)cc2)c1)c1cccs1. The summed E-state index contributed by atoms with van der Waals surface area (Å²) in [6.45, 7) is 5.75. The molecule has 6 heteroatoms. The second-order valence-corrected chi connectivity index (χ2v) is 8.22. The van der Waals surface area contributed by atoms with Crippen LogP contribution in [0.2, 0.25) is 0 Å². The Morgan fingerprint density at radius 3 is 2.76 bits per heavy atom. The molecule has 0 fully saturated rings. The van der Waals surface area contributed by atoms with E-state index in [9.17, 15) is 9.18 Å². The van der Waals surface area contributed by atoms with Crippen molar-refractivity contribution in [3.05, 3.63) is 76.8 Å². The number of aromatic nitrogens is 2. The van der Waals surface area contributed by atoms with Crippen LogP contribution in [0.1, 0.15) is 54.4 Å². The van der Waals surface area contributed by atoms with Crippen LogP contribution in [-0.2, 0) is 17.8 Å². The Balaban J connectivity index is 1.52. The number of carbonyl (C=O) groups is 1. The number of aryl methyl sites for hydroxylation is 1. The molecule has 3 rings (SSSR count). The minimum atomic E-state index is -0.323. The zero-order chi connectivity index (χ0) is 20.6. The van der Waals surface area contributed by atoms with Gasteiger partial charge in [-0.25, -0.2) is 13.5 Å². The average molecular weight is 416 g/mol. The minimum absolute atomic E-state index is 0.0332. The summed E-state index contributed by atoms with van der Waals surface area (Å²) >= 11 is 1.72. The van der Waals surface area contributed by atoms with Crippen LogP contribution in [0.15, 0.2) is 60.5 Å². The molecule has 0 aliphatic rings. The first-order chi connectivity index (χ1) is 14.0. The Morgan fingerprint density at radius 2 is 2.07 bits per heavy atom. The molecule has 0 aliphatic heterocycles. The number of ketones is 1. The van der Waals surface area contributed by atoms with E-state index in [-0.39, 0.29) is 23.8 Å². The van der Waals surface area contributed by atoms with E-state index in [1.807, 2.05) is 12.4 Å². The van der Waals surface area contributed by atoms with Gasteiger partial charge in [-0.1, -0.05) is 13.0 Å². The number of thiophene rings is 1. The van der Waals surface area contributed by atoms with Crippen LogP contribution < -0.4 is 4.57 Å². The third kappa shape index (κ3) is 6.34. The fourth-order valence-corrected chi connectivity index (χ4v) is 3.88. The van der Waals surface area contributed by atoms with Gasteiger partial charge in [-0.2, -0.15) is 0 Å². The van der Waals surface area contributed by atoms with Crippen molar-refractivity contribution in [3.8, 4) is 0 Å². The summed E-state index contributed by atoms with van der Waals surface area (Å²) in [5, 5.41) is 2.08. The lowest BCUT2D eigenvalue weighted by Gasteiger charge is -2.19. The van der Waals surface area contributed by atoms with E-state index in [2.05, 4.69) is 46.8 Å². The number of rotatable bonds is 11. The van der Waals surface area contributed by atoms with Gasteiger partial charge in [0.15, 0.2) is 5.78 Å². The second-order valence-electron chi connectivity index (χ2n) is 7.24. The van der Waals surface area contributed by atoms with Crippen molar-refractivity contribution >= 4 is 17.1 Å². The Labute approximate surface area is 175 Å². The van der Waals surface area contributed by atoms with Crippen LogP contribution in [-0.4, -0.2) is 16.5 Å². The molecule has 2 heterocycles. The standard InChI is InChI=1S/C23H28FN2O2S/c1-3-18(2)28-22(23-7-5-15-29-23)16-26-14-13-25(17-26)12-4-6-21(27)19-8-10-20(24)11-9-19/h5,7-11,13-15,17-18,22H,3-4,6,12,16H2,1-2H3/q+1. The topological polar surface area (TPSA) is 35.1 Å². The van der Waals surface area contributed by atoms with E-state index >= 15 is 0 Å². The highest BCUT2D eigenvalue weighted by Gasteiger charge is 2.20. The van der Waals surface area contributed by atoms with Crippen LogP contribution in [0.25, 0.3) is 0 Å². The number of hydrogen-bond acceptors (Lipinski definition) is 3. The average Bonchev–Trinajstić information content (AvgIpc) is 3.40. The predicted octanol–water partition coefficient (Wildman–Crippen LogP) is 5.20. The molecule has 154 valence electrons. The van der Waals surface area contributed by atoms with E-state index in [0.29, 0.717) is 12.0 Å². The van der Waals surface area contributed by atoms with Gasteiger partial charge in [0.25, 0.3) is 0 Å². The monoisotopic (exact) mass is 415 g/mol. The summed E-state index contributed by atoms with van der Waals surface area (Å²) in [6, 6.07) is 9.92. The number of benzene rings is 1. The van der Waals surface area contributed by atoms with Crippen LogP contribution in [0, 0.1) is 5.82 Å². The van der Waals surface area contributed by atoms with Crippen LogP contribution in [0.3, 0.4) is 0 Å². The first kappa shape index (κ1) is 21.4. The van der Waals surface area contributed by atoms with Crippen LogP contribution in [0.4, 0.5) is 4.39 Å². The van der Waals surface area contributed by atoms with Crippen molar-refractivity contribution in [2.45, 2.75) is 58.4 Å². The van der Waals surface area contributed by atoms with Crippen molar-refractivity contribution in [2.75, 3.05) is 0 Å². The van der Waals surface area contributed by atoms with Crippen molar-refractivity contribution < 1.29 is 18.5 Å². The zero-order valence-electron chi connectivity index (χ0n) is 17.0. The summed E-state index contributed by atoms with van der Waals surface area (Å²) in [6.07, 6.45) is 8.53. The van der Waals surface area contributed by atoms with Crippen molar-refractivity contribution in [1.82, 2.24) is 4.57 Å². The number of ether oxygens (including phenoxy) is 1. The molecule has 0 radical (unpaired) electrons. The van der Waals surface area contributed by atoms with Crippen molar-refractivity contribution in [3.63, 3.8) is 0 Å². The van der Waals surface area contributed by atoms with Gasteiger partial charge in [-0.05, 0) is 55.5 Å². The number of imidazole rings is 1. The highest BCUT2D eigenvalue weighted by molar-refractivity contribution is 7.10. The van der Waals surface area contributed by atoms with E-state index in [1.54, 1.807) is 23.5 Å². The van der Waals surface area contributed by atoms with Crippen LogP contribution in [0.5, 0.6) is 0 Å². The van der Waals surface area contributed by atoms with Crippen LogP contribution >= 0.6 is 11.3 Å². The van der Waals surface area contributed by atoms with Gasteiger partial charge < -0.3 is 4.74 Å². The first-order valence-electron chi connectivity index (χ1n) is 10.1. The maximum absolute atomic E-state index is 13.0. The van der Waals surface area contributed by atoms with E-state index < -0.39 is 0 Å². The molecule has 0 N–H and O–H groups in total. The van der Waals surface area contributed by atoms with Gasteiger partial charge in [-0.15, -0.1) is 11.3 Å². The van der Waals surface area contributed by atoms with Gasteiger partial charge >= 0.3 is 0 Å². The normalized spacial score (nSPS) is 13.3. The van der Waals surface area contributed by atoms with E-state index in [0.717, 1.165) is 25.9 Å². The number of halogens is 1. The Bertz CT molecular complexity index is 890. The summed E-state index contributed by atoms with van der Waals surface area (Å²) in [5.41, 5.74) is 0.565. The quantitative estimate of drug-likeness (QED) is 0.319. The molecular weight excluding hydrogens is 387 g/mol. The minimum Gasteiger partial charge on any atom is -0.366 e. The lowest BCUT2D eigenvalue weighted by atomic mass is 10.1. The summed E-state index contributed by atoms with van der Waals surface area (Å²) in [7, 11) is 0. The molecule has 0 bridgehead atoms. The molecule has 4 nitrogen and oxygen atoms in total. The smallest absolute Gasteiger partial charge is 0.243 e. The molecule has 0 spiro atoms. The summed E-state index contributed by atoms with van der Waals surface area (Å²) < 4.78 is 23.4. The van der Waals surface area contributed by atoms with Gasteiger partial charge in [0.05, 0.1) is 12.6 Å². The largest absolute Gasteiger partial charge is 0.366 e. The predicted molar refractivity (Wildman–Crippen MR) is 112 cm³/mol. The number of nitrogens with zero attached hydrogens (tertiary/aromatic N) is 2. The fraction of sp³-hybridized carbons (Fsp3) is 0.391. The number of Topliss-reactive ketones (excluding diaryl/α,β-unsaturated/α-hetero) is 1. The fourth-order valence-electron chi connectivity index (χ4n) is 3.12. The molecule has 0 saturated carbocycles. The molecule has 2 aromatic heterocycles. The molecule has 0 saturated heterocycles. The van der Waals surface area contributed by atoms with Gasteiger partial charge in [0.2, 0.25) is 6.33 Å². The molecule has 1 aromatic carbocycles. The maximum atomic E-state index is 13.0. The second kappa shape index (κ2) is 10.5. The summed E-state index contributed by atoms with van der Waals surface area (Å²) in [4.78, 5) is 13.4. The summed E-state index contributed by atoms with van der Waals surface area (Å²) in [5.74, 6) is -0.277. The number of carbonyl (C=O) groups excluding carboxylic acids is 1.